The van der Waals surface area contributed by atoms with Crippen molar-refractivity contribution >= 4 is 17.5 Å². The van der Waals surface area contributed by atoms with E-state index in [0.29, 0.717) is 5.70 Å². The molecule has 1 heterocycles. The van der Waals surface area contributed by atoms with E-state index < -0.39 is 5.41 Å². The molecule has 0 unspecified atom stereocenters. The molecule has 0 spiro atoms. The summed E-state index contributed by atoms with van der Waals surface area (Å²) < 4.78 is 1.94. The Labute approximate surface area is 218 Å². The molecule has 1 aromatic heterocycles. The molecule has 4 heteroatoms. The Balaban J connectivity index is 1.69. The Kier molecular flexibility index (Phi) is 6.82. The van der Waals surface area contributed by atoms with Crippen LogP contribution in [0.3, 0.4) is 0 Å². The van der Waals surface area contributed by atoms with E-state index in [9.17, 15) is 0 Å². The molecule has 0 aliphatic heterocycles. The minimum Gasteiger partial charge on any atom is -0.401 e. The highest BCUT2D eigenvalue weighted by atomic mass is 15.3. The third kappa shape index (κ3) is 5.14. The van der Waals surface area contributed by atoms with Crippen molar-refractivity contribution in [1.82, 2.24) is 9.78 Å². The Morgan fingerprint density at radius 1 is 0.757 bits per heavy atom. The maximum absolute atomic E-state index is 7.06. The summed E-state index contributed by atoms with van der Waals surface area (Å²) >= 11 is 0. The van der Waals surface area contributed by atoms with Crippen molar-refractivity contribution in [3.8, 4) is 16.8 Å². The molecule has 37 heavy (non-hydrogen) atoms. The van der Waals surface area contributed by atoms with E-state index in [1.807, 2.05) is 95.8 Å². The van der Waals surface area contributed by atoms with Crippen LogP contribution in [0.4, 0.5) is 5.69 Å². The van der Waals surface area contributed by atoms with Crippen molar-refractivity contribution in [1.29, 1.82) is 0 Å². The smallest absolute Gasteiger partial charge is 0.0822 e. The largest absolute Gasteiger partial charge is 0.401 e. The summed E-state index contributed by atoms with van der Waals surface area (Å²) in [4.78, 5) is 4.76. The van der Waals surface area contributed by atoms with E-state index in [1.165, 1.54) is 0 Å². The number of hydrogen-bond acceptors (Lipinski definition) is 3. The number of aromatic nitrogens is 2. The summed E-state index contributed by atoms with van der Waals surface area (Å²) in [7, 11) is 0. The predicted molar refractivity (Wildman–Crippen MR) is 154 cm³/mol. The Morgan fingerprint density at radius 2 is 1.30 bits per heavy atom. The monoisotopic (exact) mass is 482 g/mol. The minimum absolute atomic E-state index is 0.598. The second-order valence-corrected chi connectivity index (χ2v) is 9.45. The van der Waals surface area contributed by atoms with Gasteiger partial charge in [-0.05, 0) is 49.2 Å². The van der Waals surface area contributed by atoms with Crippen LogP contribution in [-0.2, 0) is 5.41 Å². The zero-order valence-electron chi connectivity index (χ0n) is 21.1. The first-order chi connectivity index (χ1) is 18.0. The fourth-order valence-corrected chi connectivity index (χ4v) is 4.41. The van der Waals surface area contributed by atoms with Crippen molar-refractivity contribution in [2.24, 2.45) is 10.7 Å². The van der Waals surface area contributed by atoms with Crippen LogP contribution in [0.1, 0.15) is 25.1 Å². The van der Waals surface area contributed by atoms with Crippen LogP contribution in [0.5, 0.6) is 0 Å². The van der Waals surface area contributed by atoms with Gasteiger partial charge >= 0.3 is 0 Å². The molecule has 0 fully saturated rings. The first kappa shape index (κ1) is 24.0. The number of allylic oxidation sites excluding steroid dienone is 2. The number of para-hydroxylation sites is 2. The lowest BCUT2D eigenvalue weighted by Crippen LogP contribution is -2.29. The molecule has 5 rings (SSSR count). The molecule has 2 N–H and O–H groups in total. The number of hydrogen-bond donors (Lipinski definition) is 1. The third-order valence-corrected chi connectivity index (χ3v) is 6.56. The molecule has 0 saturated carbocycles. The molecule has 4 nitrogen and oxygen atoms in total. The van der Waals surface area contributed by atoms with Gasteiger partial charge in [-0.25, -0.2) is 4.68 Å². The zero-order chi connectivity index (χ0) is 25.7. The quantitative estimate of drug-likeness (QED) is 0.243. The first-order valence-electron chi connectivity index (χ1n) is 12.4. The van der Waals surface area contributed by atoms with Gasteiger partial charge in [0.2, 0.25) is 0 Å². The molecule has 0 bridgehead atoms. The number of aliphatic imine (C=N–C) groups is 1. The molecule has 0 atom stereocenters. The van der Waals surface area contributed by atoms with Crippen molar-refractivity contribution < 1.29 is 0 Å². The average molecular weight is 483 g/mol. The molecule has 5 aromatic rings. The summed E-state index contributed by atoms with van der Waals surface area (Å²) in [5.41, 5.74) is 14.0. The average Bonchev–Trinajstić information content (AvgIpc) is 3.42. The van der Waals surface area contributed by atoms with Gasteiger partial charge in [0.1, 0.15) is 0 Å². The SMILES string of the molecule is CC(C)(C(N)=C(C=Nc1ccccc1)c1ccccc1)c1nn(-c2ccccc2)cc1-c1ccccc1. The molecule has 0 aliphatic rings. The van der Waals surface area contributed by atoms with Gasteiger partial charge < -0.3 is 5.73 Å². The summed E-state index contributed by atoms with van der Waals surface area (Å²) in [6, 6.07) is 40.6. The molecule has 182 valence electrons. The van der Waals surface area contributed by atoms with Gasteiger partial charge in [-0.3, -0.25) is 4.99 Å². The van der Waals surface area contributed by atoms with Crippen LogP contribution >= 0.6 is 0 Å². The maximum Gasteiger partial charge on any atom is 0.0822 e. The number of nitrogens with two attached hydrogens (primary N) is 1. The second kappa shape index (κ2) is 10.5. The maximum atomic E-state index is 7.06. The number of benzene rings is 4. The van der Waals surface area contributed by atoms with Crippen LogP contribution in [0.15, 0.2) is 138 Å². The topological polar surface area (TPSA) is 56.2 Å². The number of rotatable bonds is 7. The van der Waals surface area contributed by atoms with Crippen molar-refractivity contribution in [2.75, 3.05) is 0 Å². The van der Waals surface area contributed by atoms with E-state index in [2.05, 4.69) is 56.4 Å². The van der Waals surface area contributed by atoms with Gasteiger partial charge in [0, 0.05) is 34.7 Å². The Hall–Kier alpha value is -4.70. The number of nitrogens with zero attached hydrogens (tertiary/aromatic N) is 3. The summed E-state index contributed by atoms with van der Waals surface area (Å²) in [5.74, 6) is 0. The van der Waals surface area contributed by atoms with Gasteiger partial charge in [0.15, 0.2) is 0 Å². The lowest BCUT2D eigenvalue weighted by Gasteiger charge is -2.27. The van der Waals surface area contributed by atoms with Gasteiger partial charge in [0.25, 0.3) is 0 Å². The van der Waals surface area contributed by atoms with Gasteiger partial charge in [0.05, 0.1) is 17.1 Å². The normalized spacial score (nSPS) is 12.5. The van der Waals surface area contributed by atoms with Crippen LogP contribution < -0.4 is 5.73 Å². The second-order valence-electron chi connectivity index (χ2n) is 9.45. The van der Waals surface area contributed by atoms with Crippen molar-refractivity contribution in [2.45, 2.75) is 19.3 Å². The van der Waals surface area contributed by atoms with Crippen molar-refractivity contribution in [3.05, 3.63) is 144 Å². The molecule has 0 radical (unpaired) electrons. The molecular weight excluding hydrogens is 452 g/mol. The lowest BCUT2D eigenvalue weighted by atomic mass is 9.79. The van der Waals surface area contributed by atoms with Crippen LogP contribution in [0.25, 0.3) is 22.4 Å². The van der Waals surface area contributed by atoms with Gasteiger partial charge in [-0.15, -0.1) is 0 Å². The molecular formula is C33H30N4. The fraction of sp³-hybridized carbons (Fsp3) is 0.0909. The summed E-state index contributed by atoms with van der Waals surface area (Å²) in [6.07, 6.45) is 3.97. The van der Waals surface area contributed by atoms with Crippen molar-refractivity contribution in [3.63, 3.8) is 0 Å². The molecule has 0 amide bonds. The zero-order valence-corrected chi connectivity index (χ0v) is 21.1. The highest BCUT2D eigenvalue weighted by molar-refractivity contribution is 6.12. The minimum atomic E-state index is -0.598. The lowest BCUT2D eigenvalue weighted by molar-refractivity contribution is 0.588. The van der Waals surface area contributed by atoms with Crippen LogP contribution in [-0.4, -0.2) is 16.0 Å². The fourth-order valence-electron chi connectivity index (χ4n) is 4.41. The van der Waals surface area contributed by atoms with E-state index in [0.717, 1.165) is 39.3 Å². The molecule has 4 aromatic carbocycles. The molecule has 0 saturated heterocycles. The van der Waals surface area contributed by atoms with E-state index in [4.69, 9.17) is 15.8 Å². The van der Waals surface area contributed by atoms with E-state index in [1.54, 1.807) is 0 Å². The first-order valence-corrected chi connectivity index (χ1v) is 12.4. The third-order valence-electron chi connectivity index (χ3n) is 6.56. The van der Waals surface area contributed by atoms with Crippen LogP contribution in [0.2, 0.25) is 0 Å². The van der Waals surface area contributed by atoms with Gasteiger partial charge in [-0.2, -0.15) is 5.10 Å². The van der Waals surface area contributed by atoms with Crippen LogP contribution in [0, 0.1) is 0 Å². The standard InChI is InChI=1S/C33H30N4/c1-33(2,31(34)29(25-15-7-3-8-16-25)23-35-27-19-11-5-12-20-27)32-30(26-17-9-4-10-18-26)24-37(36-32)28-21-13-6-14-22-28/h3-24H,34H2,1-2H3. The van der Waals surface area contributed by atoms with E-state index >= 15 is 0 Å². The predicted octanol–water partition coefficient (Wildman–Crippen LogP) is 7.59. The molecule has 0 aliphatic carbocycles. The highest BCUT2D eigenvalue weighted by Crippen LogP contribution is 2.38. The Morgan fingerprint density at radius 3 is 1.92 bits per heavy atom. The highest BCUT2D eigenvalue weighted by Gasteiger charge is 2.33. The Bertz CT molecular complexity index is 1520. The van der Waals surface area contributed by atoms with E-state index in [-0.39, 0.29) is 0 Å². The summed E-state index contributed by atoms with van der Waals surface area (Å²) in [6.45, 7) is 4.26. The van der Waals surface area contributed by atoms with Gasteiger partial charge in [-0.1, -0.05) is 97.1 Å². The summed E-state index contributed by atoms with van der Waals surface area (Å²) in [5, 5.41) is 5.10.